The van der Waals surface area contributed by atoms with Gasteiger partial charge in [0, 0.05) is 26.1 Å². The van der Waals surface area contributed by atoms with Crippen LogP contribution in [0.4, 0.5) is 0 Å². The molecule has 4 heteroatoms. The monoisotopic (exact) mass is 234 g/mol. The maximum atomic E-state index is 4.38. The fraction of sp³-hybridized carbons (Fsp3) is 0.846. The van der Waals surface area contributed by atoms with Gasteiger partial charge in [0.2, 0.25) is 0 Å². The zero-order valence-corrected chi connectivity index (χ0v) is 10.8. The van der Waals surface area contributed by atoms with Crippen molar-refractivity contribution in [3.05, 3.63) is 12.2 Å². The Morgan fingerprint density at radius 2 is 2.18 bits per heavy atom. The lowest BCUT2D eigenvalue weighted by Crippen LogP contribution is -2.37. The minimum Gasteiger partial charge on any atom is -0.313 e. The third-order valence-electron chi connectivity index (χ3n) is 4.30. The number of nitrogens with one attached hydrogen (secondary N) is 1. The number of aryl methyl sites for hydroxylation is 1. The SMILES string of the molecule is Cn1ncnc1CC(C)(CNC1CC1)C1CC1. The number of rotatable bonds is 6. The summed E-state index contributed by atoms with van der Waals surface area (Å²) in [6.07, 6.45) is 8.22. The van der Waals surface area contributed by atoms with E-state index in [1.807, 2.05) is 11.7 Å². The smallest absolute Gasteiger partial charge is 0.138 e. The summed E-state index contributed by atoms with van der Waals surface area (Å²) >= 11 is 0. The minimum atomic E-state index is 0.364. The van der Waals surface area contributed by atoms with E-state index in [2.05, 4.69) is 22.3 Å². The highest BCUT2D eigenvalue weighted by Gasteiger charge is 2.42. The van der Waals surface area contributed by atoms with Crippen molar-refractivity contribution in [3.8, 4) is 0 Å². The highest BCUT2D eigenvalue weighted by atomic mass is 15.3. The van der Waals surface area contributed by atoms with Crippen LogP contribution in [-0.4, -0.2) is 27.4 Å². The first-order chi connectivity index (χ1) is 8.17. The quantitative estimate of drug-likeness (QED) is 0.811. The van der Waals surface area contributed by atoms with Crippen molar-refractivity contribution >= 4 is 0 Å². The molecule has 0 bridgehead atoms. The lowest BCUT2D eigenvalue weighted by atomic mass is 9.81. The third-order valence-corrected chi connectivity index (χ3v) is 4.30. The maximum absolute atomic E-state index is 4.38. The zero-order chi connectivity index (χ0) is 11.9. The van der Waals surface area contributed by atoms with Gasteiger partial charge in [0.25, 0.3) is 0 Å². The number of hydrogen-bond donors (Lipinski definition) is 1. The molecule has 1 heterocycles. The fourth-order valence-corrected chi connectivity index (χ4v) is 2.64. The normalized spacial score (nSPS) is 23.6. The fourth-order valence-electron chi connectivity index (χ4n) is 2.64. The lowest BCUT2D eigenvalue weighted by Gasteiger charge is -2.29. The van der Waals surface area contributed by atoms with Gasteiger partial charge in [-0.15, -0.1) is 0 Å². The standard InChI is InChI=1S/C13H22N4/c1-13(10-3-4-10,8-14-11-5-6-11)7-12-15-9-16-17(12)2/h9-11,14H,3-8H2,1-2H3. The molecule has 1 atom stereocenters. The second-order valence-corrected chi connectivity index (χ2v) is 6.06. The van der Waals surface area contributed by atoms with E-state index < -0.39 is 0 Å². The van der Waals surface area contributed by atoms with E-state index in [0.29, 0.717) is 5.41 Å². The van der Waals surface area contributed by atoms with Gasteiger partial charge in [-0.25, -0.2) is 4.98 Å². The van der Waals surface area contributed by atoms with Gasteiger partial charge in [0.05, 0.1) is 0 Å². The summed E-state index contributed by atoms with van der Waals surface area (Å²) in [7, 11) is 1.99. The zero-order valence-electron chi connectivity index (χ0n) is 10.8. The minimum absolute atomic E-state index is 0.364. The van der Waals surface area contributed by atoms with Crippen LogP contribution in [0.1, 0.15) is 38.4 Å². The van der Waals surface area contributed by atoms with Gasteiger partial charge in [-0.3, -0.25) is 4.68 Å². The molecule has 1 N–H and O–H groups in total. The number of aromatic nitrogens is 3. The molecule has 2 fully saturated rings. The molecule has 1 unspecified atom stereocenters. The molecule has 0 saturated heterocycles. The van der Waals surface area contributed by atoms with Crippen LogP contribution in [0.2, 0.25) is 0 Å². The molecule has 2 aliphatic carbocycles. The van der Waals surface area contributed by atoms with Crippen LogP contribution in [0.15, 0.2) is 6.33 Å². The number of nitrogens with zero attached hydrogens (tertiary/aromatic N) is 3. The van der Waals surface area contributed by atoms with Gasteiger partial charge < -0.3 is 5.32 Å². The Labute approximate surface area is 103 Å². The predicted octanol–water partition coefficient (Wildman–Crippen LogP) is 1.53. The molecule has 17 heavy (non-hydrogen) atoms. The predicted molar refractivity (Wildman–Crippen MR) is 66.6 cm³/mol. The molecule has 0 aromatic carbocycles. The maximum Gasteiger partial charge on any atom is 0.138 e. The number of hydrogen-bond acceptors (Lipinski definition) is 3. The van der Waals surface area contributed by atoms with Crippen molar-refractivity contribution in [3.63, 3.8) is 0 Å². The molecule has 3 rings (SSSR count). The van der Waals surface area contributed by atoms with Crippen LogP contribution in [0, 0.1) is 11.3 Å². The molecule has 94 valence electrons. The molecular formula is C13H22N4. The molecule has 0 aliphatic heterocycles. The molecular weight excluding hydrogens is 212 g/mol. The average Bonchev–Trinajstić information content (AvgIpc) is 3.18. The van der Waals surface area contributed by atoms with Crippen molar-refractivity contribution in [1.82, 2.24) is 20.1 Å². The van der Waals surface area contributed by atoms with Crippen LogP contribution in [0.3, 0.4) is 0 Å². The molecule has 2 aliphatic rings. The first-order valence-electron chi connectivity index (χ1n) is 6.74. The molecule has 1 aromatic rings. The van der Waals surface area contributed by atoms with Crippen LogP contribution in [-0.2, 0) is 13.5 Å². The van der Waals surface area contributed by atoms with Crippen molar-refractivity contribution in [2.24, 2.45) is 18.4 Å². The van der Waals surface area contributed by atoms with E-state index in [0.717, 1.165) is 30.7 Å². The highest BCUT2D eigenvalue weighted by Crippen LogP contribution is 2.47. The van der Waals surface area contributed by atoms with E-state index in [-0.39, 0.29) is 0 Å². The Morgan fingerprint density at radius 1 is 1.41 bits per heavy atom. The van der Waals surface area contributed by atoms with Gasteiger partial charge in [0.1, 0.15) is 12.2 Å². The topological polar surface area (TPSA) is 42.7 Å². The van der Waals surface area contributed by atoms with Crippen molar-refractivity contribution < 1.29 is 0 Å². The molecule has 0 radical (unpaired) electrons. The summed E-state index contributed by atoms with van der Waals surface area (Å²) in [5.74, 6) is 2.00. The lowest BCUT2D eigenvalue weighted by molar-refractivity contribution is 0.247. The first-order valence-corrected chi connectivity index (χ1v) is 6.74. The summed E-state index contributed by atoms with van der Waals surface area (Å²) in [6, 6.07) is 0.799. The van der Waals surface area contributed by atoms with Crippen LogP contribution in [0.25, 0.3) is 0 Å². The highest BCUT2D eigenvalue weighted by molar-refractivity contribution is 5.01. The first kappa shape index (κ1) is 11.2. The van der Waals surface area contributed by atoms with Gasteiger partial charge >= 0.3 is 0 Å². The third kappa shape index (κ3) is 2.51. The Hall–Kier alpha value is -0.900. The van der Waals surface area contributed by atoms with Crippen LogP contribution < -0.4 is 5.32 Å². The summed E-state index contributed by atoms with van der Waals surface area (Å²) in [5, 5.41) is 7.87. The molecule has 0 spiro atoms. The summed E-state index contributed by atoms with van der Waals surface area (Å²) in [4.78, 5) is 4.38. The van der Waals surface area contributed by atoms with Gasteiger partial charge in [-0.2, -0.15) is 5.10 Å². The van der Waals surface area contributed by atoms with Crippen molar-refractivity contribution in [2.45, 2.75) is 45.1 Å². The van der Waals surface area contributed by atoms with Gasteiger partial charge in [-0.1, -0.05) is 6.92 Å². The molecule has 2 saturated carbocycles. The molecule has 1 aromatic heterocycles. The Bertz CT molecular complexity index is 392. The van der Waals surface area contributed by atoms with E-state index in [9.17, 15) is 0 Å². The second-order valence-electron chi connectivity index (χ2n) is 6.06. The van der Waals surface area contributed by atoms with E-state index >= 15 is 0 Å². The molecule has 4 nitrogen and oxygen atoms in total. The second kappa shape index (κ2) is 4.09. The van der Waals surface area contributed by atoms with E-state index in [4.69, 9.17) is 0 Å². The van der Waals surface area contributed by atoms with E-state index in [1.165, 1.54) is 25.7 Å². The summed E-state index contributed by atoms with van der Waals surface area (Å²) < 4.78 is 1.91. The van der Waals surface area contributed by atoms with Crippen LogP contribution in [0.5, 0.6) is 0 Å². The Morgan fingerprint density at radius 3 is 2.71 bits per heavy atom. The summed E-state index contributed by atoms with van der Waals surface area (Å²) in [5.41, 5.74) is 0.364. The average molecular weight is 234 g/mol. The molecule has 0 amide bonds. The van der Waals surface area contributed by atoms with E-state index in [1.54, 1.807) is 6.33 Å². The van der Waals surface area contributed by atoms with Crippen molar-refractivity contribution in [1.29, 1.82) is 0 Å². The largest absolute Gasteiger partial charge is 0.313 e. The van der Waals surface area contributed by atoms with Gasteiger partial charge in [-0.05, 0) is 37.0 Å². The van der Waals surface area contributed by atoms with Crippen LogP contribution >= 0.6 is 0 Å². The van der Waals surface area contributed by atoms with Crippen molar-refractivity contribution in [2.75, 3.05) is 6.54 Å². The summed E-state index contributed by atoms with van der Waals surface area (Å²) in [6.45, 7) is 3.55. The Balaban J connectivity index is 1.67. The Kier molecular flexibility index (Phi) is 2.69. The van der Waals surface area contributed by atoms with Gasteiger partial charge in [0.15, 0.2) is 0 Å².